The van der Waals surface area contributed by atoms with Gasteiger partial charge in [-0.3, -0.25) is 0 Å². The third-order valence-corrected chi connectivity index (χ3v) is 2.83. The number of carbonyl (C=O) groups excluding carboxylic acids is 1. The van der Waals surface area contributed by atoms with Crippen LogP contribution in [0.2, 0.25) is 0 Å². The molecule has 2 aromatic rings. The normalized spacial score (nSPS) is 8.06. The summed E-state index contributed by atoms with van der Waals surface area (Å²) in [4.78, 5) is 9.69. The summed E-state index contributed by atoms with van der Waals surface area (Å²) in [5.74, 6) is 0. The Morgan fingerprint density at radius 2 is 1.61 bits per heavy atom. The standard InChI is InChI=1S/C11H10S.CH2O3.2Na/c1-9-5-2-3-6-10(9)11-7-4-8-12-11;2-1(3)4;;/h2-8H,1H3;(H2,2,3,4);;/q;;2*+1/p-2. The Balaban J connectivity index is 0. The van der Waals surface area contributed by atoms with E-state index in [4.69, 9.17) is 15.0 Å². The number of aryl methyl sites for hydroxylation is 1. The molecule has 3 nitrogen and oxygen atoms in total. The first-order valence-electron chi connectivity index (χ1n) is 4.58. The van der Waals surface area contributed by atoms with Gasteiger partial charge in [0.25, 0.3) is 0 Å². The van der Waals surface area contributed by atoms with Gasteiger partial charge in [-0.2, -0.15) is 0 Å². The number of hydrogen-bond acceptors (Lipinski definition) is 4. The predicted molar refractivity (Wildman–Crippen MR) is 59.9 cm³/mol. The van der Waals surface area contributed by atoms with E-state index in [0.717, 1.165) is 0 Å². The Kier molecular flexibility index (Phi) is 12.6. The summed E-state index contributed by atoms with van der Waals surface area (Å²) >= 11 is 1.79. The zero-order valence-corrected chi connectivity index (χ0v) is 15.5. The van der Waals surface area contributed by atoms with Crippen molar-refractivity contribution in [3.05, 3.63) is 47.3 Å². The summed E-state index contributed by atoms with van der Waals surface area (Å²) in [7, 11) is 0. The molecule has 0 bridgehead atoms. The van der Waals surface area contributed by atoms with Crippen LogP contribution < -0.4 is 69.3 Å². The molecule has 0 fully saturated rings. The molecule has 1 aromatic heterocycles. The minimum atomic E-state index is -2.33. The van der Waals surface area contributed by atoms with Crippen molar-refractivity contribution in [3.8, 4) is 10.4 Å². The number of carboxylic acid groups (broad SMARTS) is 2. The van der Waals surface area contributed by atoms with Crippen LogP contribution in [-0.4, -0.2) is 6.16 Å². The molecule has 0 aliphatic rings. The molecular weight excluding hydrogens is 270 g/mol. The van der Waals surface area contributed by atoms with Crippen LogP contribution in [-0.2, 0) is 0 Å². The van der Waals surface area contributed by atoms with Crippen LogP contribution in [0.5, 0.6) is 0 Å². The van der Waals surface area contributed by atoms with Crippen molar-refractivity contribution in [1.29, 1.82) is 0 Å². The van der Waals surface area contributed by atoms with Gasteiger partial charge in [-0.1, -0.05) is 30.3 Å². The second kappa shape index (κ2) is 11.1. The maximum Gasteiger partial charge on any atom is 1.00 e. The van der Waals surface area contributed by atoms with Crippen molar-refractivity contribution in [2.45, 2.75) is 6.92 Å². The Morgan fingerprint density at radius 1 is 1.06 bits per heavy atom. The van der Waals surface area contributed by atoms with Gasteiger partial charge in [-0.05, 0) is 35.7 Å². The molecule has 1 aromatic carbocycles. The Bertz CT molecular complexity index is 454. The van der Waals surface area contributed by atoms with Crippen LogP contribution in [0.25, 0.3) is 10.4 Å². The molecule has 0 aliphatic heterocycles. The summed E-state index contributed by atoms with van der Waals surface area (Å²) in [6.45, 7) is 2.15. The van der Waals surface area contributed by atoms with Gasteiger partial charge in [0.2, 0.25) is 0 Å². The molecule has 0 spiro atoms. The van der Waals surface area contributed by atoms with Crippen LogP contribution in [0.15, 0.2) is 41.8 Å². The SMILES string of the molecule is Cc1ccccc1-c1cccs1.O=C([O-])[O-].[Na+].[Na+]. The van der Waals surface area contributed by atoms with Gasteiger partial charge >= 0.3 is 59.1 Å². The third kappa shape index (κ3) is 7.59. The molecule has 0 saturated heterocycles. The molecule has 0 aliphatic carbocycles. The molecule has 0 saturated carbocycles. The molecule has 0 atom stereocenters. The second-order valence-corrected chi connectivity index (χ2v) is 3.99. The fraction of sp³-hybridized carbons (Fsp3) is 0.0833. The zero-order chi connectivity index (χ0) is 12.0. The number of thiophene rings is 1. The maximum absolute atomic E-state index is 8.33. The van der Waals surface area contributed by atoms with Crippen LogP contribution in [0, 0.1) is 6.92 Å². The molecule has 6 heteroatoms. The first-order chi connectivity index (χ1) is 7.61. The maximum atomic E-state index is 8.33. The van der Waals surface area contributed by atoms with E-state index in [9.17, 15) is 0 Å². The first kappa shape index (κ1) is 20.5. The number of hydrogen-bond donors (Lipinski definition) is 0. The van der Waals surface area contributed by atoms with Gasteiger partial charge < -0.3 is 15.0 Å². The summed E-state index contributed by atoms with van der Waals surface area (Å²) < 4.78 is 0. The van der Waals surface area contributed by atoms with E-state index >= 15 is 0 Å². The Morgan fingerprint density at radius 3 is 2.06 bits per heavy atom. The summed E-state index contributed by atoms with van der Waals surface area (Å²) in [6, 6.07) is 12.7. The van der Waals surface area contributed by atoms with Crippen LogP contribution >= 0.6 is 11.3 Å². The zero-order valence-electron chi connectivity index (χ0n) is 10.7. The predicted octanol–water partition coefficient (Wildman–Crippen LogP) is -4.72. The van der Waals surface area contributed by atoms with Gasteiger partial charge in [0.15, 0.2) is 0 Å². The van der Waals surface area contributed by atoms with Crippen LogP contribution in [0.4, 0.5) is 4.79 Å². The second-order valence-electron chi connectivity index (χ2n) is 3.04. The fourth-order valence-electron chi connectivity index (χ4n) is 1.28. The average Bonchev–Trinajstić information content (AvgIpc) is 2.70. The summed E-state index contributed by atoms with van der Waals surface area (Å²) in [5.41, 5.74) is 2.70. The first-order valence-corrected chi connectivity index (χ1v) is 5.46. The average molecular weight is 280 g/mol. The molecule has 18 heavy (non-hydrogen) atoms. The van der Waals surface area contributed by atoms with Gasteiger partial charge in [0.1, 0.15) is 0 Å². The van der Waals surface area contributed by atoms with E-state index in [1.165, 1.54) is 16.0 Å². The summed E-state index contributed by atoms with van der Waals surface area (Å²) in [6.07, 6.45) is -2.33. The fourth-order valence-corrected chi connectivity index (χ4v) is 2.10. The van der Waals surface area contributed by atoms with Crippen molar-refractivity contribution in [3.63, 3.8) is 0 Å². The van der Waals surface area contributed by atoms with E-state index in [1.807, 2.05) is 0 Å². The molecule has 1 heterocycles. The number of carbonyl (C=O) groups is 1. The number of rotatable bonds is 1. The van der Waals surface area contributed by atoms with Crippen LogP contribution in [0.1, 0.15) is 5.56 Å². The van der Waals surface area contributed by atoms with Gasteiger partial charge in [-0.15, -0.1) is 11.3 Å². The van der Waals surface area contributed by atoms with Gasteiger partial charge in [0.05, 0.1) is 0 Å². The van der Waals surface area contributed by atoms with E-state index in [2.05, 4.69) is 48.7 Å². The minimum Gasteiger partial charge on any atom is -0.652 e. The molecule has 84 valence electrons. The Labute approximate surface area is 154 Å². The monoisotopic (exact) mass is 280 g/mol. The van der Waals surface area contributed by atoms with E-state index in [0.29, 0.717) is 0 Å². The molecule has 0 N–H and O–H groups in total. The van der Waals surface area contributed by atoms with Crippen molar-refractivity contribution in [1.82, 2.24) is 0 Å². The molecular formula is C12H10Na2O3S. The minimum absolute atomic E-state index is 0. The quantitative estimate of drug-likeness (QED) is 0.493. The molecule has 0 amide bonds. The topological polar surface area (TPSA) is 63.2 Å². The number of benzene rings is 1. The van der Waals surface area contributed by atoms with Crippen molar-refractivity contribution in [2.75, 3.05) is 0 Å². The molecule has 2 rings (SSSR count). The van der Waals surface area contributed by atoms with E-state index in [-0.39, 0.29) is 59.1 Å². The largest absolute Gasteiger partial charge is 1.00 e. The van der Waals surface area contributed by atoms with Crippen molar-refractivity contribution >= 4 is 17.5 Å². The van der Waals surface area contributed by atoms with E-state index in [1.54, 1.807) is 11.3 Å². The van der Waals surface area contributed by atoms with E-state index < -0.39 is 6.16 Å². The van der Waals surface area contributed by atoms with Crippen molar-refractivity contribution < 1.29 is 74.1 Å². The van der Waals surface area contributed by atoms with Crippen LogP contribution in [0.3, 0.4) is 0 Å². The summed E-state index contributed by atoms with van der Waals surface area (Å²) in [5, 5.41) is 18.8. The third-order valence-electron chi connectivity index (χ3n) is 1.93. The van der Waals surface area contributed by atoms with Gasteiger partial charge in [-0.25, -0.2) is 0 Å². The van der Waals surface area contributed by atoms with Gasteiger partial charge in [0, 0.05) is 4.88 Å². The Hall–Kier alpha value is 0.190. The van der Waals surface area contributed by atoms with Crippen molar-refractivity contribution in [2.24, 2.45) is 0 Å². The smallest absolute Gasteiger partial charge is 0.652 e. The molecule has 0 unspecified atom stereocenters. The molecule has 0 radical (unpaired) electrons.